The molecule has 2 rings (SSSR count). The van der Waals surface area contributed by atoms with Crippen LogP contribution in [0.1, 0.15) is 32.3 Å². The number of nitrogens with one attached hydrogen (secondary N) is 2. The minimum atomic E-state index is -1.05. The first-order valence-corrected chi connectivity index (χ1v) is 10.1. The molecule has 31 heavy (non-hydrogen) atoms. The average molecular weight is 449 g/mol. The van der Waals surface area contributed by atoms with Crippen molar-refractivity contribution in [3.8, 4) is 0 Å². The molecular formula is C21H25ClN4O5. The Morgan fingerprint density at radius 2 is 2.06 bits per heavy atom. The van der Waals surface area contributed by atoms with Crippen molar-refractivity contribution in [2.75, 3.05) is 7.11 Å². The Morgan fingerprint density at radius 1 is 1.32 bits per heavy atom. The van der Waals surface area contributed by atoms with Crippen molar-refractivity contribution in [3.63, 3.8) is 0 Å². The van der Waals surface area contributed by atoms with Crippen molar-refractivity contribution in [2.45, 2.75) is 51.4 Å². The number of amides is 1. The van der Waals surface area contributed by atoms with Crippen molar-refractivity contribution >= 4 is 46.4 Å². The molecule has 0 saturated carbocycles. The van der Waals surface area contributed by atoms with E-state index in [4.69, 9.17) is 26.6 Å². The third-order valence-corrected chi connectivity index (χ3v) is 4.78. The fourth-order valence-corrected chi connectivity index (χ4v) is 3.22. The Morgan fingerprint density at radius 3 is 2.71 bits per heavy atom. The molecule has 1 aromatic heterocycles. The summed E-state index contributed by atoms with van der Waals surface area (Å²) in [4.78, 5) is 42.7. The highest BCUT2D eigenvalue weighted by Crippen LogP contribution is 2.24. The molecule has 0 bridgehead atoms. The smallest absolute Gasteiger partial charge is 0.328 e. The molecule has 1 heterocycles. The first kappa shape index (κ1) is 24.3. The molecule has 0 unspecified atom stereocenters. The first-order chi connectivity index (χ1) is 14.7. The van der Waals surface area contributed by atoms with Gasteiger partial charge in [0, 0.05) is 42.1 Å². The predicted octanol–water partition coefficient (Wildman–Crippen LogP) is 2.47. The number of benzene rings is 1. The first-order valence-electron chi connectivity index (χ1n) is 9.74. The van der Waals surface area contributed by atoms with Crippen molar-refractivity contribution in [2.24, 2.45) is 0 Å². The molecule has 0 aliphatic rings. The van der Waals surface area contributed by atoms with Crippen LogP contribution in [0.2, 0.25) is 5.02 Å². The predicted molar refractivity (Wildman–Crippen MR) is 115 cm³/mol. The molecule has 0 aliphatic carbocycles. The quantitative estimate of drug-likeness (QED) is 0.235. The summed E-state index contributed by atoms with van der Waals surface area (Å²) in [5.41, 5.74) is 10.2. The second-order valence-electron chi connectivity index (χ2n) is 7.23. The van der Waals surface area contributed by atoms with Gasteiger partial charge in [-0.3, -0.25) is 9.59 Å². The summed E-state index contributed by atoms with van der Waals surface area (Å²) >= 11 is 6.08. The van der Waals surface area contributed by atoms with Crippen LogP contribution in [0, 0.1) is 0 Å². The average Bonchev–Trinajstić information content (AvgIpc) is 3.10. The number of ketones is 1. The highest BCUT2D eigenvalue weighted by atomic mass is 35.5. The Labute approximate surface area is 184 Å². The summed E-state index contributed by atoms with van der Waals surface area (Å²) in [6.45, 7) is 3.36. The van der Waals surface area contributed by atoms with Gasteiger partial charge in [0.1, 0.15) is 12.1 Å². The van der Waals surface area contributed by atoms with Gasteiger partial charge in [-0.15, -0.1) is 0 Å². The number of ether oxygens (including phenoxy) is 2. The number of hydrogen-bond acceptors (Lipinski definition) is 5. The van der Waals surface area contributed by atoms with E-state index in [9.17, 15) is 14.4 Å². The van der Waals surface area contributed by atoms with Crippen molar-refractivity contribution in [3.05, 3.63) is 40.5 Å². The summed E-state index contributed by atoms with van der Waals surface area (Å²) in [7, 11) is 1.40. The number of Topliss-reactive ketones (excluding diaryl/α,β-unsaturated/α-hetero) is 1. The van der Waals surface area contributed by atoms with Crippen molar-refractivity contribution in [1.29, 1.82) is 0 Å². The maximum absolute atomic E-state index is 12.8. The highest BCUT2D eigenvalue weighted by molar-refractivity contribution is 6.31. The number of aromatic amines is 1. The second-order valence-corrected chi connectivity index (χ2v) is 7.67. The van der Waals surface area contributed by atoms with E-state index in [1.165, 1.54) is 7.11 Å². The lowest BCUT2D eigenvalue weighted by molar-refractivity contribution is -0.152. The molecule has 0 aliphatic heterocycles. The Balaban J connectivity index is 2.14. The number of rotatable bonds is 11. The maximum Gasteiger partial charge on any atom is 0.328 e. The molecular weight excluding hydrogens is 424 g/mol. The normalized spacial score (nSPS) is 12.8. The van der Waals surface area contributed by atoms with E-state index in [0.29, 0.717) is 5.02 Å². The maximum atomic E-state index is 12.8. The summed E-state index contributed by atoms with van der Waals surface area (Å²) in [5, 5.41) is 4.04. The molecule has 0 spiro atoms. The number of nitrogens with zero attached hydrogens (tertiary/aromatic N) is 2. The fraction of sp³-hybridized carbons (Fsp3) is 0.429. The van der Waals surface area contributed by atoms with Crippen LogP contribution < -0.4 is 5.32 Å². The van der Waals surface area contributed by atoms with Crippen LogP contribution >= 0.6 is 11.6 Å². The van der Waals surface area contributed by atoms with E-state index in [0.717, 1.165) is 22.7 Å². The zero-order valence-corrected chi connectivity index (χ0v) is 18.3. The SMILES string of the molecule is CO[C@@H](Cc1c[nH]c2ccc(Cl)cc12)C(=O)N[C@@H](CCC(=O)C=[N+]=[N-])C(=O)OC(C)C. The number of fused-ring (bicyclic) bond motifs is 1. The van der Waals surface area contributed by atoms with Crippen molar-refractivity contribution in [1.82, 2.24) is 10.3 Å². The topological polar surface area (TPSA) is 134 Å². The van der Waals surface area contributed by atoms with Crippen LogP contribution in [0.4, 0.5) is 0 Å². The van der Waals surface area contributed by atoms with Gasteiger partial charge in [0.15, 0.2) is 0 Å². The number of halogens is 1. The third kappa shape index (κ3) is 7.03. The molecule has 0 fully saturated rings. The van der Waals surface area contributed by atoms with Gasteiger partial charge in [-0.05, 0) is 44.0 Å². The lowest BCUT2D eigenvalue weighted by Gasteiger charge is -2.21. The number of methoxy groups -OCH3 is 1. The standard InChI is InChI=1S/C21H25ClN4O5/c1-12(2)31-21(29)18(7-5-15(27)11-25-23)26-20(28)19(30-3)8-13-10-24-17-6-4-14(22)9-16(13)17/h4,6,9-12,18-19,24H,5,7-8H2,1-3H3,(H,26,28)/t18-,19-/m0/s1. The summed E-state index contributed by atoms with van der Waals surface area (Å²) in [6.07, 6.45) is 1.36. The summed E-state index contributed by atoms with van der Waals surface area (Å²) < 4.78 is 10.5. The number of esters is 1. The monoisotopic (exact) mass is 448 g/mol. The zero-order chi connectivity index (χ0) is 23.0. The van der Waals surface area contributed by atoms with Crippen LogP contribution in [0.15, 0.2) is 24.4 Å². The molecule has 1 amide bonds. The molecule has 2 aromatic rings. The van der Waals surface area contributed by atoms with Crippen LogP contribution in [0.25, 0.3) is 16.4 Å². The second kappa shape index (κ2) is 11.4. The van der Waals surface area contributed by atoms with E-state index in [-0.39, 0.29) is 19.3 Å². The number of H-pyrrole nitrogens is 1. The Kier molecular flexibility index (Phi) is 8.93. The van der Waals surface area contributed by atoms with E-state index < -0.39 is 35.9 Å². The summed E-state index contributed by atoms with van der Waals surface area (Å²) in [5.74, 6) is -1.67. The van der Waals surface area contributed by atoms with Crippen LogP contribution in [0.5, 0.6) is 0 Å². The number of carbonyl (C=O) groups is 3. The Hall–Kier alpha value is -3.00. The molecule has 1 aromatic carbocycles. The van der Waals surface area contributed by atoms with Crippen LogP contribution in [-0.2, 0) is 30.3 Å². The molecule has 0 radical (unpaired) electrons. The largest absolute Gasteiger partial charge is 0.461 e. The van der Waals surface area contributed by atoms with Gasteiger partial charge in [-0.1, -0.05) is 11.6 Å². The lowest BCUT2D eigenvalue weighted by atomic mass is 10.0. The molecule has 2 N–H and O–H groups in total. The lowest BCUT2D eigenvalue weighted by Crippen LogP contribution is -2.48. The summed E-state index contributed by atoms with van der Waals surface area (Å²) in [6, 6.07) is 4.34. The van der Waals surface area contributed by atoms with Crippen LogP contribution in [0.3, 0.4) is 0 Å². The van der Waals surface area contributed by atoms with Gasteiger partial charge >= 0.3 is 12.2 Å². The van der Waals surface area contributed by atoms with E-state index in [1.54, 1.807) is 32.2 Å². The van der Waals surface area contributed by atoms with E-state index >= 15 is 0 Å². The molecule has 2 atom stereocenters. The number of carbonyl (C=O) groups excluding carboxylic acids is 3. The van der Waals surface area contributed by atoms with E-state index in [1.807, 2.05) is 6.07 Å². The van der Waals surface area contributed by atoms with Gasteiger partial charge in [-0.25, -0.2) is 4.79 Å². The van der Waals surface area contributed by atoms with Gasteiger partial charge in [0.25, 0.3) is 0 Å². The number of aromatic nitrogens is 1. The molecule has 10 heteroatoms. The van der Waals surface area contributed by atoms with E-state index in [2.05, 4.69) is 15.1 Å². The minimum Gasteiger partial charge on any atom is -0.461 e. The molecule has 0 saturated heterocycles. The minimum absolute atomic E-state index is 0.0126. The van der Waals surface area contributed by atoms with Gasteiger partial charge in [0.05, 0.1) is 6.10 Å². The molecule has 166 valence electrons. The molecule has 9 nitrogen and oxygen atoms in total. The van der Waals surface area contributed by atoms with Gasteiger partial charge in [-0.2, -0.15) is 4.79 Å². The fourth-order valence-electron chi connectivity index (χ4n) is 3.05. The third-order valence-electron chi connectivity index (χ3n) is 4.55. The van der Waals surface area contributed by atoms with Crippen molar-refractivity contribution < 1.29 is 28.6 Å². The number of hydrogen-bond donors (Lipinski definition) is 2. The zero-order valence-electron chi connectivity index (χ0n) is 17.6. The van der Waals surface area contributed by atoms with Gasteiger partial charge in [0.2, 0.25) is 11.7 Å². The van der Waals surface area contributed by atoms with Gasteiger partial charge < -0.3 is 25.3 Å². The Bertz CT molecular complexity index is 997. The highest BCUT2D eigenvalue weighted by Gasteiger charge is 2.28. The van der Waals surface area contributed by atoms with Crippen LogP contribution in [-0.4, -0.2) is 59.0 Å².